The lowest BCUT2D eigenvalue weighted by Gasteiger charge is -2.31. The highest BCUT2D eigenvalue weighted by atomic mass is 35.5. The summed E-state index contributed by atoms with van der Waals surface area (Å²) in [6.45, 7) is 6.10. The van der Waals surface area contributed by atoms with Gasteiger partial charge >= 0.3 is 13.7 Å². The van der Waals surface area contributed by atoms with E-state index in [0.29, 0.717) is 5.69 Å². The summed E-state index contributed by atoms with van der Waals surface area (Å²) >= 11 is 6.28. The molecule has 17 heteroatoms. The molecule has 5 rings (SSSR count). The Bertz CT molecular complexity index is 1830. The smallest absolute Gasteiger partial charge is 0.459 e. The Morgan fingerprint density at radius 3 is 2.57 bits per heavy atom. The third kappa shape index (κ3) is 8.42. The number of esters is 1. The lowest BCUT2D eigenvalue weighted by Crippen LogP contribution is -2.40. The van der Waals surface area contributed by atoms with E-state index in [1.807, 2.05) is 0 Å². The van der Waals surface area contributed by atoms with Gasteiger partial charge < -0.3 is 24.3 Å². The normalized spacial score (nSPS) is 22.8. The zero-order valence-electron chi connectivity index (χ0n) is 27.4. The van der Waals surface area contributed by atoms with Crippen LogP contribution < -0.4 is 14.9 Å². The van der Waals surface area contributed by atoms with Crippen molar-refractivity contribution in [3.05, 3.63) is 72.0 Å². The number of imidazole rings is 1. The molecule has 1 fully saturated rings. The summed E-state index contributed by atoms with van der Waals surface area (Å²) in [4.78, 5) is 29.6. The first-order valence-electron chi connectivity index (χ1n) is 15.4. The van der Waals surface area contributed by atoms with Crippen LogP contribution in [0.4, 0.5) is 20.3 Å². The Morgan fingerprint density at radius 1 is 1.18 bits per heavy atom. The minimum atomic E-state index is -4.29. The molecule has 0 bridgehead atoms. The first kappa shape index (κ1) is 36.3. The number of fused-ring (bicyclic) bond motifs is 1. The molecule has 1 aliphatic heterocycles. The Labute approximate surface area is 287 Å². The molecule has 4 aromatic rings. The summed E-state index contributed by atoms with van der Waals surface area (Å²) in [6, 6.07) is 12.8. The molecule has 2 aromatic heterocycles. The van der Waals surface area contributed by atoms with Gasteiger partial charge in [0.2, 0.25) is 5.28 Å². The summed E-state index contributed by atoms with van der Waals surface area (Å²) in [5.41, 5.74) is -0.318. The number of carbonyl (C=O) groups excluding carboxylic acids is 1. The molecule has 0 amide bonds. The van der Waals surface area contributed by atoms with Crippen LogP contribution in [0.25, 0.3) is 11.2 Å². The van der Waals surface area contributed by atoms with Crippen molar-refractivity contribution < 1.29 is 36.7 Å². The van der Waals surface area contributed by atoms with Crippen molar-refractivity contribution in [1.82, 2.24) is 24.6 Å². The van der Waals surface area contributed by atoms with E-state index in [4.69, 9.17) is 30.1 Å². The summed E-state index contributed by atoms with van der Waals surface area (Å²) in [5.74, 6) is -0.653. The molecule has 1 saturated heterocycles. The lowest BCUT2D eigenvalue weighted by atomic mass is 9.78. The highest BCUT2D eigenvalue weighted by Gasteiger charge is 2.55. The number of benzene rings is 2. The van der Waals surface area contributed by atoms with Gasteiger partial charge in [-0.1, -0.05) is 25.1 Å². The SMILES string of the molecule is CN=CCC1(C)C(F)[C@H](n2cnc3c(Nc4ccc(F)cc4)nc(Cl)nc32)O[C@@H]1COP(=O)(N[C@@H](C)C(=O)OC(C)C)Oc1ccccc1. The number of hydrogen-bond acceptors (Lipinski definition) is 11. The number of ether oxygens (including phenoxy) is 2. The van der Waals surface area contributed by atoms with Gasteiger partial charge in [-0.15, -0.1) is 0 Å². The molecule has 0 spiro atoms. The van der Waals surface area contributed by atoms with Crippen molar-refractivity contribution in [1.29, 1.82) is 0 Å². The van der Waals surface area contributed by atoms with Gasteiger partial charge in [0.15, 0.2) is 29.4 Å². The third-order valence-corrected chi connectivity index (χ3v) is 9.64. The molecule has 0 aliphatic carbocycles. The van der Waals surface area contributed by atoms with Gasteiger partial charge in [-0.25, -0.2) is 18.3 Å². The maximum Gasteiger partial charge on any atom is 0.459 e. The lowest BCUT2D eigenvalue weighted by molar-refractivity contribution is -0.149. The largest absolute Gasteiger partial charge is 0.462 e. The average Bonchev–Trinajstić information content (AvgIpc) is 3.58. The Morgan fingerprint density at radius 2 is 1.90 bits per heavy atom. The van der Waals surface area contributed by atoms with Crippen LogP contribution in [0.15, 0.2) is 65.9 Å². The molecular weight excluding hydrogens is 683 g/mol. The second-order valence-electron chi connectivity index (χ2n) is 11.9. The molecular formula is C32H37ClF2N7O6P. The van der Waals surface area contributed by atoms with Crippen LogP contribution in [0.3, 0.4) is 0 Å². The summed E-state index contributed by atoms with van der Waals surface area (Å²) < 4.78 is 68.9. The van der Waals surface area contributed by atoms with Crippen LogP contribution in [-0.2, 0) is 23.4 Å². The number of nitrogens with one attached hydrogen (secondary N) is 2. The number of hydrogen-bond donors (Lipinski definition) is 2. The van der Waals surface area contributed by atoms with Crippen molar-refractivity contribution in [3.63, 3.8) is 0 Å². The first-order valence-corrected chi connectivity index (χ1v) is 17.3. The molecule has 1 aliphatic rings. The minimum absolute atomic E-state index is 0.128. The van der Waals surface area contributed by atoms with Gasteiger partial charge in [0.25, 0.3) is 0 Å². The number of halogens is 3. The third-order valence-electron chi connectivity index (χ3n) is 7.83. The zero-order valence-corrected chi connectivity index (χ0v) is 29.1. The van der Waals surface area contributed by atoms with Crippen molar-refractivity contribution >= 4 is 54.2 Å². The maximum atomic E-state index is 16.7. The standard InChI is InChI=1S/C32H37ClF2N7O6P/c1-19(2)46-30(43)20(3)41-49(44,48-23-9-7-6-8-10-23)45-17-24-32(4,15-16-36-5)26(35)29(47-24)42-18-37-25-27(39-31(33)40-28(25)42)38-22-13-11-21(34)12-14-22/h6-14,16,18-20,24,26,29H,15,17H2,1-5H3,(H,41,44)(H,38,39,40)/t20-,24+,26?,29+,32?,49?/m0/s1. The van der Waals surface area contributed by atoms with Gasteiger partial charge in [0.05, 0.1) is 25.1 Å². The van der Waals surface area contributed by atoms with E-state index in [1.165, 1.54) is 42.1 Å². The molecule has 2 aromatic carbocycles. The number of rotatable bonds is 14. The van der Waals surface area contributed by atoms with Crippen molar-refractivity contribution in [2.24, 2.45) is 10.4 Å². The van der Waals surface area contributed by atoms with E-state index >= 15 is 4.39 Å². The van der Waals surface area contributed by atoms with Gasteiger partial charge in [0.1, 0.15) is 17.6 Å². The predicted molar refractivity (Wildman–Crippen MR) is 180 cm³/mol. The molecule has 6 atom stereocenters. The molecule has 49 heavy (non-hydrogen) atoms. The fourth-order valence-electron chi connectivity index (χ4n) is 5.20. The van der Waals surface area contributed by atoms with Crippen LogP contribution in [0.2, 0.25) is 5.28 Å². The van der Waals surface area contributed by atoms with E-state index < -0.39 is 62.2 Å². The fourth-order valence-corrected chi connectivity index (χ4v) is 6.85. The zero-order chi connectivity index (χ0) is 35.3. The highest BCUT2D eigenvalue weighted by Crippen LogP contribution is 2.51. The number of para-hydroxylation sites is 1. The van der Waals surface area contributed by atoms with Crippen LogP contribution in [-0.4, -0.2) is 69.8 Å². The van der Waals surface area contributed by atoms with Crippen LogP contribution in [0.1, 0.15) is 40.3 Å². The van der Waals surface area contributed by atoms with E-state index in [0.717, 1.165) is 0 Å². The van der Waals surface area contributed by atoms with Crippen molar-refractivity contribution in [2.45, 2.75) is 64.8 Å². The van der Waals surface area contributed by atoms with Crippen LogP contribution >= 0.6 is 19.3 Å². The molecule has 3 heterocycles. The molecule has 0 radical (unpaired) electrons. The molecule has 262 valence electrons. The number of alkyl halides is 1. The van der Waals surface area contributed by atoms with Crippen LogP contribution in [0, 0.1) is 11.2 Å². The number of nitrogens with zero attached hydrogens (tertiary/aromatic N) is 5. The minimum Gasteiger partial charge on any atom is -0.462 e. The van der Waals surface area contributed by atoms with Gasteiger partial charge in [-0.05, 0) is 81.4 Å². The first-order chi connectivity index (χ1) is 23.3. The monoisotopic (exact) mass is 719 g/mol. The average molecular weight is 720 g/mol. The Hall–Kier alpha value is -4.01. The molecule has 2 N–H and O–H groups in total. The molecule has 13 nitrogen and oxygen atoms in total. The Kier molecular flexibility index (Phi) is 11.3. The number of aromatic nitrogens is 4. The molecule has 0 saturated carbocycles. The number of anilines is 2. The second-order valence-corrected chi connectivity index (χ2v) is 13.9. The summed E-state index contributed by atoms with van der Waals surface area (Å²) in [6.07, 6.45) is -1.33. The summed E-state index contributed by atoms with van der Waals surface area (Å²) in [5, 5.41) is 5.53. The van der Waals surface area contributed by atoms with Crippen molar-refractivity contribution in [3.8, 4) is 5.75 Å². The van der Waals surface area contributed by atoms with Gasteiger partial charge in [-0.3, -0.25) is 13.9 Å². The van der Waals surface area contributed by atoms with Gasteiger partial charge in [-0.2, -0.15) is 15.1 Å². The van der Waals surface area contributed by atoms with E-state index in [-0.39, 0.29) is 34.4 Å². The van der Waals surface area contributed by atoms with E-state index in [9.17, 15) is 13.8 Å². The number of aliphatic imine (C=N–C) groups is 1. The topological polar surface area (TPSA) is 151 Å². The fraction of sp³-hybridized carbons (Fsp3) is 0.406. The van der Waals surface area contributed by atoms with Gasteiger partial charge in [0, 0.05) is 18.2 Å². The van der Waals surface area contributed by atoms with Crippen LogP contribution in [0.5, 0.6) is 5.75 Å². The molecule has 3 unspecified atom stereocenters. The summed E-state index contributed by atoms with van der Waals surface area (Å²) in [7, 11) is -2.73. The maximum absolute atomic E-state index is 16.7. The highest BCUT2D eigenvalue weighted by molar-refractivity contribution is 7.52. The second kappa shape index (κ2) is 15.3. The van der Waals surface area contributed by atoms with E-state index in [1.54, 1.807) is 64.4 Å². The quantitative estimate of drug-likeness (QED) is 0.0611. The van der Waals surface area contributed by atoms with E-state index in [2.05, 4.69) is 30.3 Å². The predicted octanol–water partition coefficient (Wildman–Crippen LogP) is 6.83. The Balaban J connectivity index is 1.44. The van der Waals surface area contributed by atoms with Crippen molar-refractivity contribution in [2.75, 3.05) is 19.0 Å². The number of carbonyl (C=O) groups is 1.